The molecule has 1 aromatic heterocycles. The number of urea groups is 1. The minimum absolute atomic E-state index is 0.105. The first kappa shape index (κ1) is 19.8. The predicted molar refractivity (Wildman–Crippen MR) is 117 cm³/mol. The number of halogens is 1. The molecule has 2 saturated heterocycles. The van der Waals surface area contributed by atoms with E-state index >= 15 is 0 Å². The van der Waals surface area contributed by atoms with E-state index in [1.54, 1.807) is 12.1 Å². The fourth-order valence-electron chi connectivity index (χ4n) is 3.84. The molecule has 0 saturated carbocycles. The van der Waals surface area contributed by atoms with Gasteiger partial charge >= 0.3 is 6.03 Å². The van der Waals surface area contributed by atoms with Crippen LogP contribution in [0.4, 0.5) is 22.2 Å². The second-order valence-corrected chi connectivity index (χ2v) is 8.07. The van der Waals surface area contributed by atoms with Gasteiger partial charge in [0, 0.05) is 61.7 Å². The van der Waals surface area contributed by atoms with E-state index in [1.165, 1.54) is 19.3 Å². The summed E-state index contributed by atoms with van der Waals surface area (Å²) in [7, 11) is 0. The lowest BCUT2D eigenvalue weighted by Gasteiger charge is -2.35. The Morgan fingerprint density at radius 1 is 0.966 bits per heavy atom. The Bertz CT molecular complexity index is 862. The summed E-state index contributed by atoms with van der Waals surface area (Å²) in [4.78, 5) is 28.4. The zero-order chi connectivity index (χ0) is 20.2. The summed E-state index contributed by atoms with van der Waals surface area (Å²) in [6, 6.07) is 9.16. The highest BCUT2D eigenvalue weighted by molar-refractivity contribution is 6.30. The normalized spacial score (nSPS) is 17.4. The van der Waals surface area contributed by atoms with Crippen molar-refractivity contribution in [1.29, 1.82) is 0 Å². The van der Waals surface area contributed by atoms with E-state index in [0.717, 1.165) is 30.5 Å². The van der Waals surface area contributed by atoms with Gasteiger partial charge in [0.15, 0.2) is 0 Å². The molecule has 29 heavy (non-hydrogen) atoms. The summed E-state index contributed by atoms with van der Waals surface area (Å²) in [5.74, 6) is 1.79. The summed E-state index contributed by atoms with van der Waals surface area (Å²) in [5, 5.41) is 3.52. The summed E-state index contributed by atoms with van der Waals surface area (Å²) in [5.41, 5.74) is 1.69. The number of hydrogen-bond acceptors (Lipinski definition) is 5. The number of aromatic nitrogens is 2. The maximum atomic E-state index is 12.6. The Labute approximate surface area is 176 Å². The lowest BCUT2D eigenvalue weighted by molar-refractivity contribution is 0.208. The third-order valence-corrected chi connectivity index (χ3v) is 5.67. The molecule has 2 amide bonds. The molecule has 7 nitrogen and oxygen atoms in total. The molecule has 0 radical (unpaired) electrons. The van der Waals surface area contributed by atoms with Crippen LogP contribution in [0.25, 0.3) is 0 Å². The second kappa shape index (κ2) is 8.86. The molecule has 0 aliphatic carbocycles. The zero-order valence-corrected chi connectivity index (χ0v) is 17.5. The van der Waals surface area contributed by atoms with Gasteiger partial charge in [-0.1, -0.05) is 17.7 Å². The molecule has 0 unspecified atom stereocenters. The molecule has 0 spiro atoms. The lowest BCUT2D eigenvalue weighted by atomic mass is 10.1. The van der Waals surface area contributed by atoms with Gasteiger partial charge in [-0.05, 0) is 44.4 Å². The number of piperidine rings is 1. The van der Waals surface area contributed by atoms with Crippen molar-refractivity contribution in [3.8, 4) is 0 Å². The van der Waals surface area contributed by atoms with Crippen LogP contribution in [0.2, 0.25) is 5.02 Å². The van der Waals surface area contributed by atoms with Crippen LogP contribution in [0.15, 0.2) is 30.3 Å². The molecule has 0 atom stereocenters. The first-order valence-electron chi connectivity index (χ1n) is 10.3. The van der Waals surface area contributed by atoms with E-state index in [-0.39, 0.29) is 6.03 Å². The number of nitrogens with one attached hydrogen (secondary N) is 1. The Kier molecular flexibility index (Phi) is 6.04. The highest BCUT2D eigenvalue weighted by Crippen LogP contribution is 2.22. The maximum Gasteiger partial charge on any atom is 0.321 e. The maximum absolute atomic E-state index is 12.6. The minimum Gasteiger partial charge on any atom is -0.356 e. The highest BCUT2D eigenvalue weighted by Gasteiger charge is 2.24. The molecule has 154 valence electrons. The predicted octanol–water partition coefficient (Wildman–Crippen LogP) is 3.78. The smallest absolute Gasteiger partial charge is 0.321 e. The fraction of sp³-hybridized carbons (Fsp3) is 0.476. The first-order valence-corrected chi connectivity index (χ1v) is 10.6. The van der Waals surface area contributed by atoms with Crippen molar-refractivity contribution in [3.63, 3.8) is 0 Å². The summed E-state index contributed by atoms with van der Waals surface area (Å²) < 4.78 is 0. The van der Waals surface area contributed by atoms with Crippen LogP contribution in [0.3, 0.4) is 0 Å². The average Bonchev–Trinajstić information content (AvgIpc) is 2.74. The van der Waals surface area contributed by atoms with Gasteiger partial charge in [-0.3, -0.25) is 0 Å². The van der Waals surface area contributed by atoms with Crippen molar-refractivity contribution in [2.24, 2.45) is 0 Å². The van der Waals surface area contributed by atoms with Gasteiger partial charge in [-0.25, -0.2) is 9.78 Å². The number of nitrogens with zero attached hydrogens (tertiary/aromatic N) is 5. The fourth-order valence-corrected chi connectivity index (χ4v) is 4.03. The van der Waals surface area contributed by atoms with Crippen molar-refractivity contribution in [1.82, 2.24) is 14.9 Å². The Balaban J connectivity index is 1.38. The van der Waals surface area contributed by atoms with Crippen molar-refractivity contribution >= 4 is 35.1 Å². The topological polar surface area (TPSA) is 64.6 Å². The van der Waals surface area contributed by atoms with Gasteiger partial charge in [-0.2, -0.15) is 4.98 Å². The number of rotatable bonds is 3. The second-order valence-electron chi connectivity index (χ2n) is 7.63. The van der Waals surface area contributed by atoms with Gasteiger partial charge in [0.2, 0.25) is 5.95 Å². The quantitative estimate of drug-likeness (QED) is 0.827. The van der Waals surface area contributed by atoms with E-state index < -0.39 is 0 Å². The molecular formula is C21H27ClN6O. The molecule has 2 fully saturated rings. The van der Waals surface area contributed by atoms with Crippen molar-refractivity contribution < 1.29 is 4.79 Å². The molecule has 2 aromatic rings. The largest absolute Gasteiger partial charge is 0.356 e. The van der Waals surface area contributed by atoms with Crippen LogP contribution < -0.4 is 15.1 Å². The van der Waals surface area contributed by atoms with Gasteiger partial charge in [-0.15, -0.1) is 0 Å². The van der Waals surface area contributed by atoms with Gasteiger partial charge in [0.1, 0.15) is 5.82 Å². The Hall–Kier alpha value is -2.54. The molecular weight excluding hydrogens is 388 g/mol. The van der Waals surface area contributed by atoms with Crippen molar-refractivity contribution in [2.45, 2.75) is 26.2 Å². The van der Waals surface area contributed by atoms with Gasteiger partial charge < -0.3 is 20.0 Å². The van der Waals surface area contributed by atoms with Crippen molar-refractivity contribution in [3.05, 3.63) is 41.0 Å². The molecule has 4 rings (SSSR count). The molecule has 1 N–H and O–H groups in total. The number of carbonyl (C=O) groups excluding carboxylic acids is 1. The number of benzene rings is 1. The van der Waals surface area contributed by atoms with Crippen LogP contribution in [-0.2, 0) is 0 Å². The van der Waals surface area contributed by atoms with Crippen molar-refractivity contribution in [2.75, 3.05) is 54.4 Å². The molecule has 0 bridgehead atoms. The van der Waals surface area contributed by atoms with Crippen LogP contribution in [-0.4, -0.2) is 60.2 Å². The average molecular weight is 415 g/mol. The standard InChI is InChI=1S/C21H27ClN6O/c1-16-14-19(26-8-3-2-4-9-26)25-20(23-16)27-10-12-28(13-11-27)21(29)24-18-7-5-6-17(22)15-18/h5-7,14-15H,2-4,8-13H2,1H3,(H,24,29). The van der Waals surface area contributed by atoms with Gasteiger partial charge in [0.25, 0.3) is 0 Å². The number of anilines is 3. The van der Waals surface area contributed by atoms with E-state index in [4.69, 9.17) is 16.6 Å². The molecule has 8 heteroatoms. The number of piperazine rings is 1. The molecule has 1 aromatic carbocycles. The van der Waals surface area contributed by atoms with Gasteiger partial charge in [0.05, 0.1) is 0 Å². The minimum atomic E-state index is -0.105. The van der Waals surface area contributed by atoms with E-state index in [1.807, 2.05) is 24.0 Å². The number of aryl methyl sites for hydroxylation is 1. The number of hydrogen-bond donors (Lipinski definition) is 1. The van der Waals surface area contributed by atoms with E-state index in [2.05, 4.69) is 26.2 Å². The Morgan fingerprint density at radius 2 is 1.72 bits per heavy atom. The molecule has 2 aliphatic heterocycles. The monoisotopic (exact) mass is 414 g/mol. The first-order chi connectivity index (χ1) is 14.1. The number of amides is 2. The zero-order valence-electron chi connectivity index (χ0n) is 16.8. The third kappa shape index (κ3) is 4.90. The summed E-state index contributed by atoms with van der Waals surface area (Å²) in [6.45, 7) is 6.83. The van der Waals surface area contributed by atoms with Crippen LogP contribution in [0.1, 0.15) is 25.0 Å². The van der Waals surface area contributed by atoms with E-state index in [9.17, 15) is 4.79 Å². The summed E-state index contributed by atoms with van der Waals surface area (Å²) in [6.07, 6.45) is 3.74. The number of carbonyl (C=O) groups is 1. The molecule has 3 heterocycles. The van der Waals surface area contributed by atoms with E-state index in [0.29, 0.717) is 36.9 Å². The van der Waals surface area contributed by atoms with Crippen LogP contribution >= 0.6 is 11.6 Å². The van der Waals surface area contributed by atoms with Crippen LogP contribution in [0.5, 0.6) is 0 Å². The van der Waals surface area contributed by atoms with Crippen LogP contribution in [0, 0.1) is 6.92 Å². The molecule has 2 aliphatic rings. The lowest BCUT2D eigenvalue weighted by Crippen LogP contribution is -2.50. The third-order valence-electron chi connectivity index (χ3n) is 5.43. The highest BCUT2D eigenvalue weighted by atomic mass is 35.5. The summed E-state index contributed by atoms with van der Waals surface area (Å²) >= 11 is 5.99. The SMILES string of the molecule is Cc1cc(N2CCCCC2)nc(N2CCN(C(=O)Nc3cccc(Cl)c3)CC2)n1. The Morgan fingerprint density at radius 3 is 2.45 bits per heavy atom.